The quantitative estimate of drug-likeness (QED) is 0.751. The Bertz CT molecular complexity index is 460. The maximum atomic E-state index is 4.43. The zero-order chi connectivity index (χ0) is 11.4. The summed E-state index contributed by atoms with van der Waals surface area (Å²) in [5, 5.41) is 0. The molecule has 0 spiro atoms. The molecule has 1 heteroatoms. The van der Waals surface area contributed by atoms with Gasteiger partial charge in [-0.1, -0.05) is 38.1 Å². The van der Waals surface area contributed by atoms with Gasteiger partial charge in [0, 0.05) is 11.8 Å². The van der Waals surface area contributed by atoms with Crippen molar-refractivity contribution in [3.05, 3.63) is 53.7 Å². The summed E-state index contributed by atoms with van der Waals surface area (Å²) in [6, 6.07) is 12.6. The molecule has 0 atom stereocenters. The summed E-state index contributed by atoms with van der Waals surface area (Å²) in [4.78, 5) is 4.43. The molecule has 0 unspecified atom stereocenters. The number of hydrogen-bond acceptors (Lipinski definition) is 1. The number of hydrogen-bond donors (Lipinski definition) is 0. The van der Waals surface area contributed by atoms with E-state index in [0.29, 0.717) is 0 Å². The number of benzene rings is 1. The molecule has 1 aromatic carbocycles. The molecule has 82 valence electrons. The fraction of sp³-hybridized carbons (Fsp3) is 0.267. The summed E-state index contributed by atoms with van der Waals surface area (Å²) in [7, 11) is 0. The van der Waals surface area contributed by atoms with Gasteiger partial charge in [0.2, 0.25) is 0 Å². The Balaban J connectivity index is 2.57. The second kappa shape index (κ2) is 4.93. The number of aromatic nitrogens is 1. The summed E-state index contributed by atoms with van der Waals surface area (Å²) in [6.45, 7) is 4.41. The van der Waals surface area contributed by atoms with Crippen LogP contribution in [0.4, 0.5) is 0 Å². The van der Waals surface area contributed by atoms with Crippen molar-refractivity contribution in [1.82, 2.24) is 4.98 Å². The number of nitrogens with zero attached hydrogens (tertiary/aromatic N) is 1. The second-order valence-corrected chi connectivity index (χ2v) is 3.87. The van der Waals surface area contributed by atoms with Gasteiger partial charge in [0.25, 0.3) is 0 Å². The van der Waals surface area contributed by atoms with E-state index in [2.05, 4.69) is 43.1 Å². The predicted molar refractivity (Wildman–Crippen MR) is 68.4 cm³/mol. The average molecular weight is 211 g/mol. The van der Waals surface area contributed by atoms with E-state index < -0.39 is 0 Å². The number of pyridine rings is 1. The highest BCUT2D eigenvalue weighted by Gasteiger charge is 2.07. The molecule has 0 amide bonds. The highest BCUT2D eigenvalue weighted by Crippen LogP contribution is 2.25. The molecule has 0 fully saturated rings. The van der Waals surface area contributed by atoms with Crippen molar-refractivity contribution >= 4 is 0 Å². The minimum atomic E-state index is 1.07. The van der Waals surface area contributed by atoms with E-state index in [-0.39, 0.29) is 0 Å². The lowest BCUT2D eigenvalue weighted by molar-refractivity contribution is 1.04. The first kappa shape index (κ1) is 10.9. The van der Waals surface area contributed by atoms with Crippen LogP contribution in [-0.2, 0) is 12.8 Å². The molecule has 0 N–H and O–H groups in total. The molecule has 0 aliphatic carbocycles. The lowest BCUT2D eigenvalue weighted by Gasteiger charge is -2.11. The molecule has 0 saturated carbocycles. The monoisotopic (exact) mass is 211 g/mol. The highest BCUT2D eigenvalue weighted by atomic mass is 14.7. The van der Waals surface area contributed by atoms with Crippen LogP contribution in [-0.4, -0.2) is 4.98 Å². The molecular formula is C15H17N. The van der Waals surface area contributed by atoms with Crippen LogP contribution in [0.1, 0.15) is 25.0 Å². The molecule has 2 rings (SSSR count). The van der Waals surface area contributed by atoms with Crippen molar-refractivity contribution in [1.29, 1.82) is 0 Å². The SMILES string of the molecule is CCc1cccc(-c2ccccn2)c1CC. The van der Waals surface area contributed by atoms with E-state index in [1.54, 1.807) is 0 Å². The molecule has 1 nitrogen and oxygen atoms in total. The van der Waals surface area contributed by atoms with Crippen LogP contribution in [0.15, 0.2) is 42.6 Å². The van der Waals surface area contributed by atoms with Gasteiger partial charge in [-0.25, -0.2) is 0 Å². The largest absolute Gasteiger partial charge is 0.256 e. The second-order valence-electron chi connectivity index (χ2n) is 3.87. The van der Waals surface area contributed by atoms with Crippen LogP contribution in [0.2, 0.25) is 0 Å². The van der Waals surface area contributed by atoms with Crippen molar-refractivity contribution in [3.8, 4) is 11.3 Å². The number of rotatable bonds is 3. The minimum Gasteiger partial charge on any atom is -0.256 e. The van der Waals surface area contributed by atoms with Gasteiger partial charge >= 0.3 is 0 Å². The van der Waals surface area contributed by atoms with Crippen LogP contribution in [0, 0.1) is 0 Å². The van der Waals surface area contributed by atoms with Crippen LogP contribution in [0.5, 0.6) is 0 Å². The zero-order valence-corrected chi connectivity index (χ0v) is 9.90. The van der Waals surface area contributed by atoms with Gasteiger partial charge in [0.15, 0.2) is 0 Å². The van der Waals surface area contributed by atoms with Gasteiger partial charge in [-0.2, -0.15) is 0 Å². The lowest BCUT2D eigenvalue weighted by Crippen LogP contribution is -1.95. The Kier molecular flexibility index (Phi) is 3.35. The van der Waals surface area contributed by atoms with Crippen LogP contribution < -0.4 is 0 Å². The topological polar surface area (TPSA) is 12.9 Å². The first-order chi connectivity index (χ1) is 7.86. The maximum absolute atomic E-state index is 4.43. The third kappa shape index (κ3) is 1.99. The van der Waals surface area contributed by atoms with E-state index in [1.165, 1.54) is 16.7 Å². The first-order valence-electron chi connectivity index (χ1n) is 5.89. The smallest absolute Gasteiger partial charge is 0.0704 e. The molecule has 16 heavy (non-hydrogen) atoms. The van der Waals surface area contributed by atoms with E-state index in [0.717, 1.165) is 18.5 Å². The van der Waals surface area contributed by atoms with Gasteiger partial charge in [0.05, 0.1) is 5.69 Å². The van der Waals surface area contributed by atoms with Crippen LogP contribution in [0.25, 0.3) is 11.3 Å². The Morgan fingerprint density at radius 3 is 2.44 bits per heavy atom. The summed E-state index contributed by atoms with van der Waals surface area (Å²) >= 11 is 0. The Hall–Kier alpha value is -1.63. The number of aryl methyl sites for hydroxylation is 1. The van der Waals surface area contributed by atoms with Crippen LogP contribution in [0.3, 0.4) is 0 Å². The fourth-order valence-corrected chi connectivity index (χ4v) is 2.15. The van der Waals surface area contributed by atoms with E-state index >= 15 is 0 Å². The average Bonchev–Trinajstić information content (AvgIpc) is 2.38. The summed E-state index contributed by atoms with van der Waals surface area (Å²) < 4.78 is 0. The van der Waals surface area contributed by atoms with Gasteiger partial charge in [-0.3, -0.25) is 4.98 Å². The first-order valence-corrected chi connectivity index (χ1v) is 5.89. The van der Waals surface area contributed by atoms with Gasteiger partial charge in [0.1, 0.15) is 0 Å². The molecule has 0 aliphatic heterocycles. The van der Waals surface area contributed by atoms with Crippen molar-refractivity contribution < 1.29 is 0 Å². The summed E-state index contributed by atoms with van der Waals surface area (Å²) in [5.41, 5.74) is 5.23. The Morgan fingerprint density at radius 2 is 1.81 bits per heavy atom. The van der Waals surface area contributed by atoms with Gasteiger partial charge in [-0.05, 0) is 36.1 Å². The third-order valence-electron chi connectivity index (χ3n) is 2.95. The Labute approximate surface area is 97.2 Å². The normalized spacial score (nSPS) is 10.4. The molecule has 0 aliphatic rings. The minimum absolute atomic E-state index is 1.07. The van der Waals surface area contributed by atoms with Crippen molar-refractivity contribution in [2.45, 2.75) is 26.7 Å². The third-order valence-corrected chi connectivity index (χ3v) is 2.95. The highest BCUT2D eigenvalue weighted by molar-refractivity contribution is 5.65. The molecule has 1 heterocycles. The van der Waals surface area contributed by atoms with Crippen molar-refractivity contribution in [2.75, 3.05) is 0 Å². The van der Waals surface area contributed by atoms with E-state index in [4.69, 9.17) is 0 Å². The zero-order valence-electron chi connectivity index (χ0n) is 9.90. The van der Waals surface area contributed by atoms with E-state index in [1.807, 2.05) is 18.3 Å². The molecule has 1 aromatic heterocycles. The van der Waals surface area contributed by atoms with Crippen LogP contribution >= 0.6 is 0 Å². The maximum Gasteiger partial charge on any atom is 0.0704 e. The van der Waals surface area contributed by atoms with Crippen molar-refractivity contribution in [2.24, 2.45) is 0 Å². The van der Waals surface area contributed by atoms with Gasteiger partial charge in [-0.15, -0.1) is 0 Å². The van der Waals surface area contributed by atoms with E-state index in [9.17, 15) is 0 Å². The molecule has 0 saturated heterocycles. The summed E-state index contributed by atoms with van der Waals surface area (Å²) in [6.07, 6.45) is 4.01. The molecular weight excluding hydrogens is 194 g/mol. The molecule has 0 bridgehead atoms. The standard InChI is InChI=1S/C15H17N/c1-3-12-8-7-9-14(13(12)4-2)15-10-5-6-11-16-15/h5-11H,3-4H2,1-2H3. The summed E-state index contributed by atoms with van der Waals surface area (Å²) in [5.74, 6) is 0. The Morgan fingerprint density at radius 1 is 0.938 bits per heavy atom. The van der Waals surface area contributed by atoms with Crippen molar-refractivity contribution in [3.63, 3.8) is 0 Å². The molecule has 2 aromatic rings. The van der Waals surface area contributed by atoms with Gasteiger partial charge < -0.3 is 0 Å². The fourth-order valence-electron chi connectivity index (χ4n) is 2.15. The lowest BCUT2D eigenvalue weighted by atomic mass is 9.95. The predicted octanol–water partition coefficient (Wildman–Crippen LogP) is 3.87. The molecule has 0 radical (unpaired) electrons.